The molecule has 0 spiro atoms. The molecule has 0 radical (unpaired) electrons. The minimum Gasteiger partial charge on any atom is -0.398 e. The zero-order valence-electron chi connectivity index (χ0n) is 10.7. The lowest BCUT2D eigenvalue weighted by Crippen LogP contribution is -2.36. The van der Waals surface area contributed by atoms with Crippen LogP contribution in [-0.4, -0.2) is 26.0 Å². The normalized spacial score (nSPS) is 9.61. The van der Waals surface area contributed by atoms with Gasteiger partial charge in [0.1, 0.15) is 6.07 Å². The van der Waals surface area contributed by atoms with Crippen LogP contribution in [-0.2, 0) is 4.79 Å². The first-order chi connectivity index (χ1) is 8.62. The molecule has 0 aromatic heterocycles. The van der Waals surface area contributed by atoms with Crippen LogP contribution in [0.3, 0.4) is 0 Å². The molecule has 0 saturated heterocycles. The molecule has 0 heterocycles. The summed E-state index contributed by atoms with van der Waals surface area (Å²) in [4.78, 5) is 13.4. The first-order valence-electron chi connectivity index (χ1n) is 5.87. The zero-order valence-corrected chi connectivity index (χ0v) is 10.7. The lowest BCUT2D eigenvalue weighted by atomic mass is 10.1. The minimum atomic E-state index is -0.0567. The van der Waals surface area contributed by atoms with Gasteiger partial charge in [-0.1, -0.05) is 6.92 Å². The van der Waals surface area contributed by atoms with Crippen molar-refractivity contribution in [1.29, 1.82) is 5.26 Å². The number of nitrogens with one attached hydrogen (secondary N) is 1. The fourth-order valence-corrected chi connectivity index (χ4v) is 1.66. The smallest absolute Gasteiger partial charge is 0.239 e. The third kappa shape index (κ3) is 3.39. The van der Waals surface area contributed by atoms with Gasteiger partial charge in [0.2, 0.25) is 5.91 Å². The first kappa shape index (κ1) is 13.8. The molecule has 0 aliphatic carbocycles. The number of hydrogen-bond donors (Lipinski definition) is 2. The first-order valence-corrected chi connectivity index (χ1v) is 5.87. The Morgan fingerprint density at radius 2 is 2.28 bits per heavy atom. The largest absolute Gasteiger partial charge is 0.398 e. The Labute approximate surface area is 107 Å². The molecule has 0 aliphatic rings. The third-order valence-corrected chi connectivity index (χ3v) is 2.63. The van der Waals surface area contributed by atoms with Crippen molar-refractivity contribution in [3.05, 3.63) is 23.8 Å². The fourth-order valence-electron chi connectivity index (χ4n) is 1.66. The Bertz CT molecular complexity index is 465. The third-order valence-electron chi connectivity index (χ3n) is 2.63. The number of nitrogen functional groups attached to an aromatic ring is 1. The highest BCUT2D eigenvalue weighted by molar-refractivity contribution is 5.81. The Hall–Kier alpha value is -2.22. The van der Waals surface area contributed by atoms with Crippen molar-refractivity contribution in [3.63, 3.8) is 0 Å². The molecule has 1 aromatic rings. The van der Waals surface area contributed by atoms with Crippen LogP contribution in [0.15, 0.2) is 18.2 Å². The van der Waals surface area contributed by atoms with Gasteiger partial charge in [0, 0.05) is 25.0 Å². The number of anilines is 2. The number of amides is 1. The van der Waals surface area contributed by atoms with Gasteiger partial charge in [-0.25, -0.2) is 0 Å². The summed E-state index contributed by atoms with van der Waals surface area (Å²) in [5.41, 5.74) is 7.41. The van der Waals surface area contributed by atoms with Gasteiger partial charge in [0.25, 0.3) is 0 Å². The van der Waals surface area contributed by atoms with Gasteiger partial charge in [-0.15, -0.1) is 0 Å². The minimum absolute atomic E-state index is 0.0567. The lowest BCUT2D eigenvalue weighted by Gasteiger charge is -2.23. The second kappa shape index (κ2) is 6.50. The van der Waals surface area contributed by atoms with E-state index in [-0.39, 0.29) is 12.5 Å². The molecule has 0 unspecified atom stereocenters. The summed E-state index contributed by atoms with van der Waals surface area (Å²) < 4.78 is 0. The number of carbonyl (C=O) groups is 1. The van der Waals surface area contributed by atoms with Gasteiger partial charge in [0.15, 0.2) is 0 Å². The van der Waals surface area contributed by atoms with E-state index in [1.807, 2.05) is 24.0 Å². The molecule has 96 valence electrons. The quantitative estimate of drug-likeness (QED) is 0.762. The second-order valence-electron chi connectivity index (χ2n) is 3.98. The fraction of sp³-hybridized carbons (Fsp3) is 0.385. The Balaban J connectivity index is 2.98. The number of nitrogens with zero attached hydrogens (tertiary/aromatic N) is 2. The lowest BCUT2D eigenvalue weighted by molar-refractivity contribution is -0.119. The molecule has 0 saturated carbocycles. The van der Waals surface area contributed by atoms with Crippen LogP contribution in [0.1, 0.15) is 18.9 Å². The van der Waals surface area contributed by atoms with Crippen molar-refractivity contribution in [2.24, 2.45) is 0 Å². The van der Waals surface area contributed by atoms with E-state index >= 15 is 0 Å². The van der Waals surface area contributed by atoms with Gasteiger partial charge in [-0.3, -0.25) is 4.79 Å². The molecular weight excluding hydrogens is 228 g/mol. The van der Waals surface area contributed by atoms with E-state index in [0.717, 1.165) is 18.7 Å². The van der Waals surface area contributed by atoms with Crippen LogP contribution in [0.2, 0.25) is 0 Å². The van der Waals surface area contributed by atoms with E-state index in [4.69, 9.17) is 11.0 Å². The van der Waals surface area contributed by atoms with Gasteiger partial charge in [-0.05, 0) is 24.6 Å². The average molecular weight is 246 g/mol. The number of likely N-dealkylation sites (N-methyl/N-ethyl adjacent to an activating group) is 1. The number of benzene rings is 1. The van der Waals surface area contributed by atoms with Crippen molar-refractivity contribution >= 4 is 17.3 Å². The predicted octanol–water partition coefficient (Wildman–Crippen LogP) is 1.10. The second-order valence-corrected chi connectivity index (χ2v) is 3.98. The van der Waals surface area contributed by atoms with Gasteiger partial charge < -0.3 is 16.0 Å². The number of carbonyl (C=O) groups excluding carboxylic acids is 1. The summed E-state index contributed by atoms with van der Waals surface area (Å²) in [7, 11) is 1.61. The van der Waals surface area contributed by atoms with Crippen LogP contribution in [0.4, 0.5) is 11.4 Å². The standard InChI is InChI=1S/C13H18N4O/c1-3-6-17(9-13(18)16-2)11-4-5-12(15)10(7-11)8-14/h4-5,7H,3,6,9,15H2,1-2H3,(H,16,18). The predicted molar refractivity (Wildman–Crippen MR) is 72.1 cm³/mol. The molecule has 1 amide bonds. The summed E-state index contributed by atoms with van der Waals surface area (Å²) in [6.07, 6.45) is 0.920. The number of rotatable bonds is 5. The number of nitrogens with two attached hydrogens (primary N) is 1. The van der Waals surface area contributed by atoms with E-state index < -0.39 is 0 Å². The topological polar surface area (TPSA) is 82.2 Å². The van der Waals surface area contributed by atoms with E-state index in [9.17, 15) is 4.79 Å². The molecule has 0 aliphatic heterocycles. The summed E-state index contributed by atoms with van der Waals surface area (Å²) in [6, 6.07) is 7.29. The molecule has 0 fully saturated rings. The van der Waals surface area contributed by atoms with Crippen molar-refractivity contribution in [2.75, 3.05) is 30.8 Å². The molecule has 5 nitrogen and oxygen atoms in total. The summed E-state index contributed by atoms with van der Waals surface area (Å²) >= 11 is 0. The van der Waals surface area contributed by atoms with Crippen molar-refractivity contribution in [2.45, 2.75) is 13.3 Å². The van der Waals surface area contributed by atoms with Crippen LogP contribution >= 0.6 is 0 Å². The van der Waals surface area contributed by atoms with E-state index in [2.05, 4.69) is 5.32 Å². The van der Waals surface area contributed by atoms with Crippen molar-refractivity contribution in [1.82, 2.24) is 5.32 Å². The summed E-state index contributed by atoms with van der Waals surface area (Å²) in [6.45, 7) is 3.07. The van der Waals surface area contributed by atoms with Gasteiger partial charge in [0.05, 0.1) is 12.1 Å². The average Bonchev–Trinajstić information content (AvgIpc) is 2.38. The highest BCUT2D eigenvalue weighted by Crippen LogP contribution is 2.20. The van der Waals surface area contributed by atoms with Crippen LogP contribution in [0.25, 0.3) is 0 Å². The maximum Gasteiger partial charge on any atom is 0.239 e. The van der Waals surface area contributed by atoms with Crippen LogP contribution < -0.4 is 16.0 Å². The van der Waals surface area contributed by atoms with E-state index in [1.165, 1.54) is 0 Å². The number of nitriles is 1. The van der Waals surface area contributed by atoms with Crippen molar-refractivity contribution in [3.8, 4) is 6.07 Å². The van der Waals surface area contributed by atoms with E-state index in [0.29, 0.717) is 11.3 Å². The molecule has 1 rings (SSSR count). The molecule has 0 atom stereocenters. The zero-order chi connectivity index (χ0) is 13.5. The maximum atomic E-state index is 11.4. The molecule has 3 N–H and O–H groups in total. The Kier molecular flexibility index (Phi) is 5.00. The van der Waals surface area contributed by atoms with Gasteiger partial charge >= 0.3 is 0 Å². The highest BCUT2D eigenvalue weighted by atomic mass is 16.1. The summed E-state index contributed by atoms with van der Waals surface area (Å²) in [5, 5.41) is 11.5. The maximum absolute atomic E-state index is 11.4. The summed E-state index contributed by atoms with van der Waals surface area (Å²) in [5.74, 6) is -0.0567. The Morgan fingerprint density at radius 1 is 1.56 bits per heavy atom. The molecule has 0 bridgehead atoms. The molecule has 5 heteroatoms. The highest BCUT2D eigenvalue weighted by Gasteiger charge is 2.11. The Morgan fingerprint density at radius 3 is 2.83 bits per heavy atom. The SMILES string of the molecule is CCCN(CC(=O)NC)c1ccc(N)c(C#N)c1. The van der Waals surface area contributed by atoms with E-state index in [1.54, 1.807) is 19.2 Å². The molecule has 1 aromatic carbocycles. The number of hydrogen-bond acceptors (Lipinski definition) is 4. The van der Waals surface area contributed by atoms with Crippen LogP contribution in [0.5, 0.6) is 0 Å². The monoisotopic (exact) mass is 246 g/mol. The molecular formula is C13H18N4O. The van der Waals surface area contributed by atoms with Gasteiger partial charge in [-0.2, -0.15) is 5.26 Å². The van der Waals surface area contributed by atoms with Crippen LogP contribution in [0, 0.1) is 11.3 Å². The molecule has 18 heavy (non-hydrogen) atoms. The van der Waals surface area contributed by atoms with Crippen molar-refractivity contribution < 1.29 is 4.79 Å².